The van der Waals surface area contributed by atoms with Gasteiger partial charge in [0.25, 0.3) is 0 Å². The third-order valence-electron chi connectivity index (χ3n) is 0.278. The second kappa shape index (κ2) is 2.61. The van der Waals surface area contributed by atoms with Crippen molar-refractivity contribution in [3.05, 3.63) is 15.0 Å². The number of rotatable bonds is 1. The van der Waals surface area contributed by atoms with Gasteiger partial charge >= 0.3 is 5.96 Å². The van der Waals surface area contributed by atoms with Gasteiger partial charge in [-0.2, -0.15) is 0 Å². The summed E-state index contributed by atoms with van der Waals surface area (Å²) >= 11 is 0. The number of nitro groups is 1. The molecule has 0 aliphatic heterocycles. The molecule has 0 spiro atoms. The van der Waals surface area contributed by atoms with Crippen molar-refractivity contribution in [1.29, 1.82) is 0 Å². The molecule has 0 rings (SSSR count). The molecule has 0 amide bonds. The highest BCUT2D eigenvalue weighted by atomic mass is 16.7. The SMILES string of the molecule is NC(N=O)=N[N+](=O)[O-]. The van der Waals surface area contributed by atoms with Crippen LogP contribution in [-0.4, -0.2) is 11.0 Å². The second-order valence-corrected chi connectivity index (χ2v) is 0.787. The lowest BCUT2D eigenvalue weighted by Crippen LogP contribution is -2.09. The number of hydrogen-bond donors (Lipinski definition) is 1. The van der Waals surface area contributed by atoms with E-state index >= 15 is 0 Å². The molecule has 0 radical (unpaired) electrons. The quantitative estimate of drug-likeness (QED) is 0.160. The summed E-state index contributed by atoms with van der Waals surface area (Å²) in [7, 11) is 0. The van der Waals surface area contributed by atoms with Crippen LogP contribution in [0.5, 0.6) is 0 Å². The lowest BCUT2D eigenvalue weighted by atomic mass is 11.1. The van der Waals surface area contributed by atoms with Gasteiger partial charge in [-0.3, -0.25) is 0 Å². The molecule has 0 bridgehead atoms. The number of nitroso groups, excluding NO2 is 1. The van der Waals surface area contributed by atoms with Crippen molar-refractivity contribution in [2.45, 2.75) is 0 Å². The fraction of sp³-hybridized carbons (Fsp3) is 0. The van der Waals surface area contributed by atoms with Crippen LogP contribution in [0.1, 0.15) is 0 Å². The Hall–Kier alpha value is -1.53. The predicted molar refractivity (Wildman–Crippen MR) is 24.4 cm³/mol. The highest BCUT2D eigenvalue weighted by molar-refractivity contribution is 5.77. The lowest BCUT2D eigenvalue weighted by Gasteiger charge is -1.74. The molecule has 2 N–H and O–H groups in total. The van der Waals surface area contributed by atoms with Crippen LogP contribution >= 0.6 is 0 Å². The highest BCUT2D eigenvalue weighted by Crippen LogP contribution is 1.70. The van der Waals surface area contributed by atoms with Crippen molar-refractivity contribution in [1.82, 2.24) is 0 Å². The van der Waals surface area contributed by atoms with Crippen LogP contribution in [0.25, 0.3) is 0 Å². The van der Waals surface area contributed by atoms with E-state index in [1.165, 1.54) is 0 Å². The maximum Gasteiger partial charge on any atom is 0.332 e. The third-order valence-corrected chi connectivity index (χ3v) is 0.278. The molecule has 0 saturated heterocycles. The largest absolute Gasteiger partial charge is 0.360 e. The third kappa shape index (κ3) is 2.69. The van der Waals surface area contributed by atoms with Crippen molar-refractivity contribution >= 4 is 5.96 Å². The van der Waals surface area contributed by atoms with E-state index < -0.39 is 11.0 Å². The molecule has 7 heteroatoms. The Morgan fingerprint density at radius 1 is 1.75 bits per heavy atom. The Morgan fingerprint density at radius 2 is 2.25 bits per heavy atom. The predicted octanol–water partition coefficient (Wildman–Crippen LogP) is -0.741. The van der Waals surface area contributed by atoms with E-state index in [9.17, 15) is 15.0 Å². The Bertz CT molecular complexity index is 138. The first-order valence-corrected chi connectivity index (χ1v) is 1.48. The van der Waals surface area contributed by atoms with Crippen molar-refractivity contribution < 1.29 is 5.03 Å². The second-order valence-electron chi connectivity index (χ2n) is 0.787. The number of hydrogen-bond acceptors (Lipinski definition) is 3. The van der Waals surface area contributed by atoms with Crippen LogP contribution in [0, 0.1) is 15.0 Å². The van der Waals surface area contributed by atoms with E-state index in [0.717, 1.165) is 0 Å². The topological polar surface area (TPSA) is 111 Å². The monoisotopic (exact) mass is 118 g/mol. The molecule has 7 nitrogen and oxygen atoms in total. The van der Waals surface area contributed by atoms with E-state index in [0.29, 0.717) is 0 Å². The van der Waals surface area contributed by atoms with Crippen molar-refractivity contribution in [2.75, 3.05) is 0 Å². The molecule has 44 valence electrons. The maximum atomic E-state index is 9.31. The summed E-state index contributed by atoms with van der Waals surface area (Å²) in [6.45, 7) is 0. The van der Waals surface area contributed by atoms with Gasteiger partial charge in [-0.15, -0.1) is 4.91 Å². The molecule has 0 saturated carbocycles. The van der Waals surface area contributed by atoms with E-state index in [4.69, 9.17) is 0 Å². The molecule has 0 aromatic carbocycles. The summed E-state index contributed by atoms with van der Waals surface area (Å²) in [5.41, 5.74) is 4.50. The van der Waals surface area contributed by atoms with Crippen LogP contribution in [0.3, 0.4) is 0 Å². The van der Waals surface area contributed by atoms with Crippen LogP contribution in [0.4, 0.5) is 0 Å². The van der Waals surface area contributed by atoms with Crippen LogP contribution in [0.15, 0.2) is 10.3 Å². The Labute approximate surface area is 43.3 Å². The summed E-state index contributed by atoms with van der Waals surface area (Å²) in [4.78, 5) is 18.5. The number of hydrazone groups is 1. The molecule has 8 heavy (non-hydrogen) atoms. The number of guanidine groups is 1. The molecule has 0 aromatic rings. The summed E-state index contributed by atoms with van der Waals surface area (Å²) in [6.07, 6.45) is 0. The van der Waals surface area contributed by atoms with Gasteiger partial charge in [0.15, 0.2) is 5.03 Å². The first kappa shape index (κ1) is 6.47. The van der Waals surface area contributed by atoms with Gasteiger partial charge in [-0.1, -0.05) is 0 Å². The zero-order valence-corrected chi connectivity index (χ0v) is 3.64. The number of nitrogens with zero attached hydrogens (tertiary/aromatic N) is 3. The van der Waals surface area contributed by atoms with Gasteiger partial charge in [0.05, 0.1) is 0 Å². The van der Waals surface area contributed by atoms with Crippen LogP contribution in [0.2, 0.25) is 0 Å². The maximum absolute atomic E-state index is 9.31. The molecular weight excluding hydrogens is 116 g/mol. The van der Waals surface area contributed by atoms with E-state index in [-0.39, 0.29) is 0 Å². The fourth-order valence-electron chi connectivity index (χ4n) is 0.102. The lowest BCUT2D eigenvalue weighted by molar-refractivity contribution is -0.485. The van der Waals surface area contributed by atoms with Crippen molar-refractivity contribution in [3.8, 4) is 0 Å². The van der Waals surface area contributed by atoms with Gasteiger partial charge in [0.1, 0.15) is 5.10 Å². The van der Waals surface area contributed by atoms with Crippen molar-refractivity contribution in [3.63, 3.8) is 0 Å². The Kier molecular flexibility index (Phi) is 2.11. The average molecular weight is 118 g/mol. The minimum absolute atomic E-state index is 0.880. The molecule has 0 fully saturated rings. The van der Waals surface area contributed by atoms with E-state index in [2.05, 4.69) is 10.8 Å². The zero-order chi connectivity index (χ0) is 6.57. The zero-order valence-electron chi connectivity index (χ0n) is 3.64. The van der Waals surface area contributed by atoms with Gasteiger partial charge < -0.3 is 5.73 Å². The molecule has 0 aromatic heterocycles. The van der Waals surface area contributed by atoms with Gasteiger partial charge in [0, 0.05) is 5.18 Å². The molecule has 0 atom stereocenters. The summed E-state index contributed by atoms with van der Waals surface area (Å²) in [5.74, 6) is -0.880. The smallest absolute Gasteiger partial charge is 0.332 e. The van der Waals surface area contributed by atoms with E-state index in [1.807, 2.05) is 5.18 Å². The normalized spacial score (nSPS) is 10.8. The Morgan fingerprint density at radius 3 is 2.38 bits per heavy atom. The fourth-order valence-corrected chi connectivity index (χ4v) is 0.102. The first-order chi connectivity index (χ1) is 3.66. The summed E-state index contributed by atoms with van der Waals surface area (Å²) in [5, 5.41) is 12.5. The van der Waals surface area contributed by atoms with E-state index in [1.54, 1.807) is 0 Å². The molecule has 0 heterocycles. The van der Waals surface area contributed by atoms with Crippen molar-refractivity contribution in [2.24, 2.45) is 16.0 Å². The average Bonchev–Trinajstić information content (AvgIpc) is 1.65. The number of nitrogens with two attached hydrogens (primary N) is 1. The minimum atomic E-state index is -1.10. The van der Waals surface area contributed by atoms with Crippen LogP contribution in [-0.2, 0) is 0 Å². The van der Waals surface area contributed by atoms with Crippen LogP contribution < -0.4 is 5.73 Å². The first-order valence-electron chi connectivity index (χ1n) is 1.48. The standard InChI is InChI=1S/CH2N4O3/c2-1(4-6)3-5(7)8/h(H2,2,3). The summed E-state index contributed by atoms with van der Waals surface area (Å²) in [6, 6.07) is 0. The van der Waals surface area contributed by atoms with Gasteiger partial charge in [-0.05, 0) is 0 Å². The minimum Gasteiger partial charge on any atom is -0.360 e. The summed E-state index contributed by atoms with van der Waals surface area (Å²) < 4.78 is 0. The Balaban J connectivity index is 3.94. The molecular formula is CH2N4O3. The molecule has 0 unspecified atom stereocenters. The highest BCUT2D eigenvalue weighted by Gasteiger charge is 1.94. The molecule has 0 aliphatic carbocycles. The van der Waals surface area contributed by atoms with Gasteiger partial charge in [0.2, 0.25) is 0 Å². The van der Waals surface area contributed by atoms with Gasteiger partial charge in [-0.25, -0.2) is 10.1 Å². The molecule has 0 aliphatic rings.